The quantitative estimate of drug-likeness (QED) is 0.754. The number of fused-ring (bicyclic) bond motifs is 2. The fourth-order valence-electron chi connectivity index (χ4n) is 3.18. The summed E-state index contributed by atoms with van der Waals surface area (Å²) in [5, 5.41) is 0. The Morgan fingerprint density at radius 2 is 1.83 bits per heavy atom. The number of carbonyl (C=O) groups is 1. The second kappa shape index (κ2) is 6.05. The second-order valence-corrected chi connectivity index (χ2v) is 6.06. The molecule has 1 fully saturated rings. The molecule has 24 heavy (non-hydrogen) atoms. The van der Waals surface area contributed by atoms with Crippen LogP contribution in [0.2, 0.25) is 0 Å². The lowest BCUT2D eigenvalue weighted by atomic mass is 10.2. The van der Waals surface area contributed by atoms with Crippen molar-refractivity contribution >= 4 is 29.4 Å². The first-order valence-electron chi connectivity index (χ1n) is 8.09. The molecule has 2 aromatic rings. The molecule has 122 valence electrons. The van der Waals surface area contributed by atoms with Gasteiger partial charge in [0.05, 0.1) is 16.9 Å². The zero-order valence-corrected chi connectivity index (χ0v) is 13.6. The highest BCUT2D eigenvalue weighted by molar-refractivity contribution is 6.10. The van der Waals surface area contributed by atoms with Gasteiger partial charge in [-0.05, 0) is 31.3 Å². The van der Waals surface area contributed by atoms with E-state index >= 15 is 0 Å². The Balaban J connectivity index is 1.88. The van der Waals surface area contributed by atoms with Crippen molar-refractivity contribution in [3.05, 3.63) is 48.2 Å². The molecule has 2 aliphatic rings. The summed E-state index contributed by atoms with van der Waals surface area (Å²) in [5.41, 5.74) is 2.44. The molecule has 0 atom stereocenters. The lowest BCUT2D eigenvalue weighted by Crippen LogP contribution is -2.47. The molecule has 6 heteroatoms. The molecule has 0 radical (unpaired) electrons. The number of benzene rings is 1. The van der Waals surface area contributed by atoms with Gasteiger partial charge in [-0.3, -0.25) is 9.69 Å². The lowest BCUT2D eigenvalue weighted by Gasteiger charge is -2.34. The van der Waals surface area contributed by atoms with E-state index in [0.717, 1.165) is 55.4 Å². The molecule has 1 aromatic carbocycles. The van der Waals surface area contributed by atoms with E-state index in [1.54, 1.807) is 11.1 Å². The fourth-order valence-corrected chi connectivity index (χ4v) is 3.18. The summed E-state index contributed by atoms with van der Waals surface area (Å²) in [5.74, 6) is 1.53. The average Bonchev–Trinajstić information content (AvgIpc) is 2.77. The predicted molar refractivity (Wildman–Crippen MR) is 94.1 cm³/mol. The van der Waals surface area contributed by atoms with Gasteiger partial charge < -0.3 is 9.80 Å². The highest BCUT2D eigenvalue weighted by atomic mass is 16.1. The number of nitrogens with zero attached hydrogens (tertiary/aromatic N) is 5. The number of hydrogen-bond donors (Lipinski definition) is 0. The Kier molecular flexibility index (Phi) is 3.74. The molecular weight excluding hydrogens is 302 g/mol. The number of aliphatic imine (C=N–C) groups is 1. The molecular formula is C18H19N5O. The van der Waals surface area contributed by atoms with Crippen LogP contribution < -0.4 is 4.90 Å². The van der Waals surface area contributed by atoms with Gasteiger partial charge in [0.1, 0.15) is 5.84 Å². The molecule has 0 N–H and O–H groups in total. The number of piperazine rings is 1. The number of aromatic nitrogens is 1. The third-order valence-corrected chi connectivity index (χ3v) is 4.53. The fraction of sp³-hybridized carbons (Fsp3) is 0.278. The third-order valence-electron chi connectivity index (χ3n) is 4.53. The molecule has 1 amide bonds. The van der Waals surface area contributed by atoms with Gasteiger partial charge >= 0.3 is 0 Å². The van der Waals surface area contributed by atoms with Crippen molar-refractivity contribution in [3.63, 3.8) is 0 Å². The number of likely N-dealkylation sites (N-methyl/N-ethyl adjacent to an activating group) is 1. The Bertz CT molecular complexity index is 796. The summed E-state index contributed by atoms with van der Waals surface area (Å²) in [6.07, 6.45) is 2.53. The number of para-hydroxylation sites is 2. The number of rotatable bonds is 1. The molecule has 0 saturated carbocycles. The highest BCUT2D eigenvalue weighted by Crippen LogP contribution is 2.37. The van der Waals surface area contributed by atoms with E-state index in [-0.39, 0.29) is 0 Å². The monoisotopic (exact) mass is 321 g/mol. The SMILES string of the molecule is CN1CCN(C2=Nc3ccccc3N(C=O)c3ncccc32)CC1. The molecule has 3 heterocycles. The zero-order valence-electron chi connectivity index (χ0n) is 13.6. The van der Waals surface area contributed by atoms with E-state index in [2.05, 4.69) is 21.8 Å². The Morgan fingerprint density at radius 3 is 2.62 bits per heavy atom. The molecule has 0 aliphatic carbocycles. The molecule has 0 spiro atoms. The van der Waals surface area contributed by atoms with E-state index in [1.165, 1.54) is 0 Å². The molecule has 6 nitrogen and oxygen atoms in total. The Labute approximate surface area is 141 Å². The topological polar surface area (TPSA) is 52.0 Å². The predicted octanol–water partition coefficient (Wildman–Crippen LogP) is 2.02. The van der Waals surface area contributed by atoms with Crippen LogP contribution in [0.3, 0.4) is 0 Å². The van der Waals surface area contributed by atoms with Crippen molar-refractivity contribution in [2.24, 2.45) is 4.99 Å². The molecule has 2 aliphatic heterocycles. The summed E-state index contributed by atoms with van der Waals surface area (Å²) < 4.78 is 0. The van der Waals surface area contributed by atoms with E-state index in [4.69, 9.17) is 4.99 Å². The van der Waals surface area contributed by atoms with Gasteiger partial charge in [-0.1, -0.05) is 12.1 Å². The summed E-state index contributed by atoms with van der Waals surface area (Å²) in [7, 11) is 2.13. The smallest absolute Gasteiger partial charge is 0.219 e. The minimum atomic E-state index is 0.634. The summed E-state index contributed by atoms with van der Waals surface area (Å²) in [4.78, 5) is 27.3. The lowest BCUT2D eigenvalue weighted by molar-refractivity contribution is -0.106. The highest BCUT2D eigenvalue weighted by Gasteiger charge is 2.27. The number of amides is 1. The van der Waals surface area contributed by atoms with Crippen LogP contribution in [0.5, 0.6) is 0 Å². The number of hydrogen-bond acceptors (Lipinski definition) is 5. The van der Waals surface area contributed by atoms with E-state index in [0.29, 0.717) is 5.82 Å². The van der Waals surface area contributed by atoms with Crippen LogP contribution in [0.4, 0.5) is 17.2 Å². The maximum Gasteiger partial charge on any atom is 0.219 e. The van der Waals surface area contributed by atoms with Gasteiger partial charge in [-0.25, -0.2) is 9.98 Å². The van der Waals surface area contributed by atoms with Gasteiger partial charge in [0.2, 0.25) is 6.41 Å². The van der Waals surface area contributed by atoms with Gasteiger partial charge in [-0.15, -0.1) is 0 Å². The van der Waals surface area contributed by atoms with Crippen LogP contribution in [0, 0.1) is 0 Å². The second-order valence-electron chi connectivity index (χ2n) is 6.06. The van der Waals surface area contributed by atoms with Crippen LogP contribution in [-0.2, 0) is 4.79 Å². The van der Waals surface area contributed by atoms with Gasteiger partial charge in [0.15, 0.2) is 5.82 Å². The minimum absolute atomic E-state index is 0.634. The molecule has 4 rings (SSSR count). The summed E-state index contributed by atoms with van der Waals surface area (Å²) in [6, 6.07) is 11.6. The Hall–Kier alpha value is -2.73. The van der Waals surface area contributed by atoms with E-state index < -0.39 is 0 Å². The number of pyridine rings is 1. The summed E-state index contributed by atoms with van der Waals surface area (Å²) >= 11 is 0. The van der Waals surface area contributed by atoms with Crippen molar-refractivity contribution in [1.29, 1.82) is 0 Å². The largest absolute Gasteiger partial charge is 0.353 e. The number of carbonyl (C=O) groups excluding carboxylic acids is 1. The number of amidine groups is 1. The normalized spacial score (nSPS) is 17.6. The molecule has 1 aromatic heterocycles. The standard InChI is InChI=1S/C18H19N5O/c1-21-9-11-22(12-10-21)18-14-5-4-8-19-17(14)23(13-24)16-7-3-2-6-15(16)20-18/h2-8,13H,9-12H2,1H3. The first-order valence-corrected chi connectivity index (χ1v) is 8.09. The van der Waals surface area contributed by atoms with Gasteiger partial charge in [0, 0.05) is 32.4 Å². The Morgan fingerprint density at radius 1 is 1.04 bits per heavy atom. The molecule has 0 unspecified atom stereocenters. The van der Waals surface area contributed by atoms with Gasteiger partial charge in [0.25, 0.3) is 0 Å². The van der Waals surface area contributed by atoms with Crippen LogP contribution in [0.25, 0.3) is 0 Å². The van der Waals surface area contributed by atoms with Crippen molar-refractivity contribution < 1.29 is 4.79 Å². The maximum absolute atomic E-state index is 11.8. The van der Waals surface area contributed by atoms with Crippen molar-refractivity contribution in [2.45, 2.75) is 0 Å². The maximum atomic E-state index is 11.8. The molecule has 1 saturated heterocycles. The van der Waals surface area contributed by atoms with Crippen molar-refractivity contribution in [2.75, 3.05) is 38.1 Å². The third kappa shape index (κ3) is 2.45. The van der Waals surface area contributed by atoms with Gasteiger partial charge in [-0.2, -0.15) is 0 Å². The average molecular weight is 321 g/mol. The van der Waals surface area contributed by atoms with Crippen molar-refractivity contribution in [3.8, 4) is 0 Å². The minimum Gasteiger partial charge on any atom is -0.353 e. The zero-order chi connectivity index (χ0) is 16.5. The van der Waals surface area contributed by atoms with Crippen LogP contribution in [-0.4, -0.2) is 60.3 Å². The first-order chi connectivity index (χ1) is 11.8. The van der Waals surface area contributed by atoms with Crippen LogP contribution in [0.1, 0.15) is 5.56 Å². The van der Waals surface area contributed by atoms with Crippen LogP contribution in [0.15, 0.2) is 47.6 Å². The van der Waals surface area contributed by atoms with E-state index in [9.17, 15) is 4.79 Å². The first kappa shape index (κ1) is 14.8. The summed E-state index contributed by atoms with van der Waals surface area (Å²) in [6.45, 7) is 3.81. The van der Waals surface area contributed by atoms with E-state index in [1.807, 2.05) is 36.4 Å². The number of anilines is 2. The van der Waals surface area contributed by atoms with Crippen molar-refractivity contribution in [1.82, 2.24) is 14.8 Å². The molecule has 0 bridgehead atoms. The van der Waals surface area contributed by atoms with Crippen LogP contribution >= 0.6 is 0 Å².